The first-order chi connectivity index (χ1) is 10.6. The molecule has 0 atom stereocenters. The molecule has 9 nitrogen and oxygen atoms in total. The molecule has 0 aromatic carbocycles. The van der Waals surface area contributed by atoms with E-state index in [9.17, 15) is 9.59 Å². The highest BCUT2D eigenvalue weighted by molar-refractivity contribution is 5.74. The minimum atomic E-state index is -0.459. The van der Waals surface area contributed by atoms with Crippen LogP contribution in [0.25, 0.3) is 11.2 Å². The van der Waals surface area contributed by atoms with E-state index in [1.807, 2.05) is 0 Å². The van der Waals surface area contributed by atoms with Crippen LogP contribution in [0.4, 0.5) is 5.95 Å². The number of fused-ring (bicyclic) bond motifs is 1. The van der Waals surface area contributed by atoms with Gasteiger partial charge < -0.3 is 19.5 Å². The molecule has 1 aliphatic heterocycles. The zero-order valence-corrected chi connectivity index (χ0v) is 12.8. The van der Waals surface area contributed by atoms with Gasteiger partial charge in [0.2, 0.25) is 5.95 Å². The van der Waals surface area contributed by atoms with Crippen LogP contribution in [0, 0.1) is 0 Å². The Balaban J connectivity index is 2.16. The molecule has 2 aromatic rings. The van der Waals surface area contributed by atoms with Crippen molar-refractivity contribution >= 4 is 17.1 Å². The first-order valence-corrected chi connectivity index (χ1v) is 7.27. The summed E-state index contributed by atoms with van der Waals surface area (Å²) >= 11 is 0. The van der Waals surface area contributed by atoms with E-state index in [4.69, 9.17) is 4.74 Å². The van der Waals surface area contributed by atoms with E-state index in [2.05, 4.69) is 20.2 Å². The number of ether oxygens (including phenoxy) is 1. The van der Waals surface area contributed by atoms with Gasteiger partial charge in [-0.3, -0.25) is 14.3 Å². The van der Waals surface area contributed by atoms with Gasteiger partial charge in [0.1, 0.15) is 0 Å². The Morgan fingerprint density at radius 3 is 2.68 bits per heavy atom. The number of nitrogens with one attached hydrogen (secondary N) is 2. The van der Waals surface area contributed by atoms with Gasteiger partial charge in [0.25, 0.3) is 5.56 Å². The summed E-state index contributed by atoms with van der Waals surface area (Å²) in [5, 5.41) is 3.28. The summed E-state index contributed by atoms with van der Waals surface area (Å²) in [7, 11) is 3.37. The molecule has 0 radical (unpaired) electrons. The second-order valence-electron chi connectivity index (χ2n) is 5.28. The van der Waals surface area contributed by atoms with Crippen molar-refractivity contribution in [2.45, 2.75) is 6.54 Å². The van der Waals surface area contributed by atoms with Crippen molar-refractivity contribution in [3.05, 3.63) is 20.8 Å². The Morgan fingerprint density at radius 2 is 2.00 bits per heavy atom. The summed E-state index contributed by atoms with van der Waals surface area (Å²) in [6.07, 6.45) is 0. The molecule has 1 fully saturated rings. The van der Waals surface area contributed by atoms with Crippen molar-refractivity contribution in [1.82, 2.24) is 24.4 Å². The number of aromatic amines is 1. The maximum Gasteiger partial charge on any atom is 0.330 e. The van der Waals surface area contributed by atoms with Gasteiger partial charge in [-0.15, -0.1) is 0 Å². The Morgan fingerprint density at radius 1 is 1.27 bits per heavy atom. The quantitative estimate of drug-likeness (QED) is 0.712. The molecule has 2 aromatic heterocycles. The van der Waals surface area contributed by atoms with Gasteiger partial charge in [-0.1, -0.05) is 0 Å². The number of methoxy groups -OCH3 is 1. The molecule has 0 spiro atoms. The van der Waals surface area contributed by atoms with Gasteiger partial charge in [0.05, 0.1) is 13.2 Å². The van der Waals surface area contributed by atoms with E-state index < -0.39 is 11.2 Å². The number of aromatic nitrogens is 4. The van der Waals surface area contributed by atoms with E-state index in [1.165, 1.54) is 4.57 Å². The molecule has 1 saturated heterocycles. The lowest BCUT2D eigenvalue weighted by Crippen LogP contribution is -2.44. The van der Waals surface area contributed by atoms with Crippen molar-refractivity contribution in [3.8, 4) is 0 Å². The third-order valence-electron chi connectivity index (χ3n) is 3.91. The van der Waals surface area contributed by atoms with E-state index in [0.29, 0.717) is 30.3 Å². The number of aryl methyl sites for hydroxylation is 1. The zero-order valence-electron chi connectivity index (χ0n) is 12.8. The summed E-state index contributed by atoms with van der Waals surface area (Å²) in [6, 6.07) is 0. The van der Waals surface area contributed by atoms with Crippen molar-refractivity contribution in [2.75, 3.05) is 44.8 Å². The van der Waals surface area contributed by atoms with Crippen molar-refractivity contribution < 1.29 is 4.74 Å². The van der Waals surface area contributed by atoms with Gasteiger partial charge in [0, 0.05) is 40.3 Å². The molecule has 1 aliphatic rings. The van der Waals surface area contributed by atoms with Crippen LogP contribution in [0.15, 0.2) is 9.59 Å². The Kier molecular flexibility index (Phi) is 3.99. The number of hydrogen-bond acceptors (Lipinski definition) is 6. The maximum atomic E-state index is 12.2. The van der Waals surface area contributed by atoms with Crippen molar-refractivity contribution in [2.24, 2.45) is 7.05 Å². The lowest BCUT2D eigenvalue weighted by Gasteiger charge is -2.28. The predicted molar refractivity (Wildman–Crippen MR) is 82.6 cm³/mol. The number of nitrogens with zero attached hydrogens (tertiary/aromatic N) is 4. The number of piperazine rings is 1. The Bertz CT molecular complexity index is 783. The molecule has 3 heterocycles. The minimum Gasteiger partial charge on any atom is -0.383 e. The SMILES string of the molecule is COCCn1c(=O)[nH]c(=O)c2c1nc(N1CCNCC1)n2C. The van der Waals surface area contributed by atoms with Crippen LogP contribution >= 0.6 is 0 Å². The third kappa shape index (κ3) is 2.42. The Labute approximate surface area is 126 Å². The summed E-state index contributed by atoms with van der Waals surface area (Å²) in [4.78, 5) is 33.2. The second kappa shape index (κ2) is 5.93. The number of H-pyrrole nitrogens is 1. The van der Waals surface area contributed by atoms with Gasteiger partial charge in [0.15, 0.2) is 11.2 Å². The van der Waals surface area contributed by atoms with Crippen LogP contribution < -0.4 is 21.5 Å². The monoisotopic (exact) mass is 308 g/mol. The molecule has 9 heteroatoms. The van der Waals surface area contributed by atoms with E-state index in [0.717, 1.165) is 26.2 Å². The summed E-state index contributed by atoms with van der Waals surface area (Å²) in [5.74, 6) is 0.707. The average molecular weight is 308 g/mol. The van der Waals surface area contributed by atoms with Crippen LogP contribution in [-0.2, 0) is 18.3 Å². The highest BCUT2D eigenvalue weighted by Gasteiger charge is 2.21. The lowest BCUT2D eigenvalue weighted by molar-refractivity contribution is 0.187. The summed E-state index contributed by atoms with van der Waals surface area (Å²) < 4.78 is 8.23. The van der Waals surface area contributed by atoms with E-state index in [-0.39, 0.29) is 0 Å². The van der Waals surface area contributed by atoms with Gasteiger partial charge in [-0.2, -0.15) is 4.98 Å². The second-order valence-corrected chi connectivity index (χ2v) is 5.28. The zero-order chi connectivity index (χ0) is 15.7. The fourth-order valence-electron chi connectivity index (χ4n) is 2.77. The fraction of sp³-hybridized carbons (Fsp3) is 0.615. The molecule has 3 rings (SSSR count). The number of hydrogen-bond donors (Lipinski definition) is 2. The van der Waals surface area contributed by atoms with Gasteiger partial charge >= 0.3 is 5.69 Å². The van der Waals surface area contributed by atoms with Crippen molar-refractivity contribution in [3.63, 3.8) is 0 Å². The van der Waals surface area contributed by atoms with Crippen LogP contribution in [-0.4, -0.2) is 59.0 Å². The average Bonchev–Trinajstić information content (AvgIpc) is 2.86. The van der Waals surface area contributed by atoms with Crippen LogP contribution in [0.2, 0.25) is 0 Å². The topological polar surface area (TPSA) is 97.2 Å². The number of imidazole rings is 1. The highest BCUT2D eigenvalue weighted by atomic mass is 16.5. The molecule has 22 heavy (non-hydrogen) atoms. The molecule has 2 N–H and O–H groups in total. The third-order valence-corrected chi connectivity index (χ3v) is 3.91. The molecule has 0 bridgehead atoms. The molecule has 0 unspecified atom stereocenters. The fourth-order valence-corrected chi connectivity index (χ4v) is 2.77. The summed E-state index contributed by atoms with van der Waals surface area (Å²) in [6.45, 7) is 4.10. The highest BCUT2D eigenvalue weighted by Crippen LogP contribution is 2.18. The van der Waals surface area contributed by atoms with Crippen LogP contribution in [0.1, 0.15) is 0 Å². The van der Waals surface area contributed by atoms with Crippen LogP contribution in [0.3, 0.4) is 0 Å². The number of anilines is 1. The summed E-state index contributed by atoms with van der Waals surface area (Å²) in [5.41, 5.74) is -0.0596. The normalized spacial score (nSPS) is 15.6. The molecule has 0 saturated carbocycles. The minimum absolute atomic E-state index is 0.348. The lowest BCUT2D eigenvalue weighted by atomic mass is 10.4. The van der Waals surface area contributed by atoms with E-state index in [1.54, 1.807) is 18.7 Å². The first kappa shape index (κ1) is 14.8. The maximum absolute atomic E-state index is 12.2. The van der Waals surface area contributed by atoms with Crippen LogP contribution in [0.5, 0.6) is 0 Å². The molecule has 0 aliphatic carbocycles. The Hall–Kier alpha value is -2.13. The van der Waals surface area contributed by atoms with E-state index >= 15 is 0 Å². The predicted octanol–water partition coefficient (Wildman–Crippen LogP) is -1.52. The first-order valence-electron chi connectivity index (χ1n) is 7.27. The van der Waals surface area contributed by atoms with Gasteiger partial charge in [-0.25, -0.2) is 4.79 Å². The molecular weight excluding hydrogens is 288 g/mol. The largest absolute Gasteiger partial charge is 0.383 e. The van der Waals surface area contributed by atoms with Crippen molar-refractivity contribution in [1.29, 1.82) is 0 Å². The standard InChI is InChI=1S/C13H20N6O3/c1-17-9-10(15-12(17)18-5-3-14-4-6-18)19(7-8-22-2)13(21)16-11(9)20/h14H,3-8H2,1-2H3,(H,16,20,21). The molecule has 0 amide bonds. The molecular formula is C13H20N6O3. The molecule has 120 valence electrons. The number of rotatable bonds is 4. The smallest absolute Gasteiger partial charge is 0.330 e. The van der Waals surface area contributed by atoms with Gasteiger partial charge in [-0.05, 0) is 0 Å².